The molecule has 1 aromatic carbocycles. The highest BCUT2D eigenvalue weighted by atomic mass is 16.2. The van der Waals surface area contributed by atoms with E-state index in [1.165, 1.54) is 17.5 Å². The molecule has 1 aliphatic carbocycles. The van der Waals surface area contributed by atoms with Crippen molar-refractivity contribution in [3.8, 4) is 0 Å². The first-order chi connectivity index (χ1) is 16.7. The van der Waals surface area contributed by atoms with Crippen molar-refractivity contribution in [2.45, 2.75) is 103 Å². The van der Waals surface area contributed by atoms with Crippen molar-refractivity contribution in [3.63, 3.8) is 0 Å². The average molecular weight is 482 g/mol. The molecule has 1 aromatic rings. The van der Waals surface area contributed by atoms with Crippen LogP contribution < -0.4 is 16.0 Å². The Morgan fingerprint density at radius 3 is 2.63 bits per heavy atom. The Bertz CT molecular complexity index is 904. The number of hydrogen-bond donors (Lipinski definition) is 3. The SMILES string of the molecule is C=C(CCc1cccc(C)c1)NC(CC(C)C)C(=O)NC(C=O)CC1CC2(CCCCC2)NC1=O. The summed E-state index contributed by atoms with van der Waals surface area (Å²) < 4.78 is 0. The van der Waals surface area contributed by atoms with Crippen LogP contribution in [0.4, 0.5) is 0 Å². The maximum atomic E-state index is 13.2. The number of aldehydes is 1. The number of amides is 2. The maximum Gasteiger partial charge on any atom is 0.243 e. The molecule has 3 atom stereocenters. The summed E-state index contributed by atoms with van der Waals surface area (Å²) >= 11 is 0. The third-order valence-corrected chi connectivity index (χ3v) is 7.44. The Morgan fingerprint density at radius 2 is 1.97 bits per heavy atom. The molecule has 2 aliphatic rings. The molecule has 3 N–H and O–H groups in total. The first-order valence-electron chi connectivity index (χ1n) is 13.3. The molecule has 1 heterocycles. The van der Waals surface area contributed by atoms with Gasteiger partial charge in [0.2, 0.25) is 11.8 Å². The lowest BCUT2D eigenvalue weighted by molar-refractivity contribution is -0.127. The molecular weight excluding hydrogens is 438 g/mol. The monoisotopic (exact) mass is 481 g/mol. The van der Waals surface area contributed by atoms with E-state index in [-0.39, 0.29) is 23.3 Å². The molecule has 6 heteroatoms. The second-order valence-electron chi connectivity index (χ2n) is 11.1. The predicted octanol–water partition coefficient (Wildman–Crippen LogP) is 4.36. The third kappa shape index (κ3) is 7.94. The number of benzene rings is 1. The summed E-state index contributed by atoms with van der Waals surface area (Å²) in [7, 11) is 0. The van der Waals surface area contributed by atoms with Crippen molar-refractivity contribution in [2.75, 3.05) is 0 Å². The van der Waals surface area contributed by atoms with Gasteiger partial charge < -0.3 is 20.7 Å². The van der Waals surface area contributed by atoms with E-state index in [1.807, 2.05) is 0 Å². The number of nitrogens with one attached hydrogen (secondary N) is 3. The number of carbonyl (C=O) groups is 3. The lowest BCUT2D eigenvalue weighted by Gasteiger charge is -2.33. The fourth-order valence-electron chi connectivity index (χ4n) is 5.65. The normalized spacial score (nSPS) is 20.8. The predicted molar refractivity (Wildman–Crippen MR) is 140 cm³/mol. The number of allylic oxidation sites excluding steroid dienone is 1. The highest BCUT2D eigenvalue weighted by Crippen LogP contribution is 2.39. The highest BCUT2D eigenvalue weighted by molar-refractivity contribution is 5.86. The number of carbonyl (C=O) groups excluding carboxylic acids is 3. The van der Waals surface area contributed by atoms with Gasteiger partial charge in [-0.25, -0.2) is 0 Å². The van der Waals surface area contributed by atoms with Crippen LogP contribution in [0.25, 0.3) is 0 Å². The molecule has 1 aliphatic heterocycles. The fraction of sp³-hybridized carbons (Fsp3) is 0.621. The van der Waals surface area contributed by atoms with Crippen molar-refractivity contribution < 1.29 is 14.4 Å². The zero-order valence-corrected chi connectivity index (χ0v) is 21.7. The van der Waals surface area contributed by atoms with Crippen LogP contribution in [0.3, 0.4) is 0 Å². The van der Waals surface area contributed by atoms with Gasteiger partial charge in [-0.05, 0) is 63.4 Å². The van der Waals surface area contributed by atoms with Gasteiger partial charge in [0.25, 0.3) is 0 Å². The van der Waals surface area contributed by atoms with Gasteiger partial charge in [-0.3, -0.25) is 9.59 Å². The Hall–Kier alpha value is -2.63. The van der Waals surface area contributed by atoms with Gasteiger partial charge in [-0.15, -0.1) is 0 Å². The third-order valence-electron chi connectivity index (χ3n) is 7.44. The van der Waals surface area contributed by atoms with E-state index in [4.69, 9.17) is 0 Å². The van der Waals surface area contributed by atoms with Crippen LogP contribution in [0.15, 0.2) is 36.5 Å². The average Bonchev–Trinajstić information content (AvgIpc) is 3.10. The summed E-state index contributed by atoms with van der Waals surface area (Å²) in [4.78, 5) is 37.7. The highest BCUT2D eigenvalue weighted by Gasteiger charge is 2.45. The Labute approximate surface area is 210 Å². The van der Waals surface area contributed by atoms with Gasteiger partial charge in [0.15, 0.2) is 0 Å². The minimum atomic E-state index is -0.672. The van der Waals surface area contributed by atoms with Crippen LogP contribution >= 0.6 is 0 Å². The minimum Gasteiger partial charge on any atom is -0.378 e. The van der Waals surface area contributed by atoms with Crippen molar-refractivity contribution in [2.24, 2.45) is 11.8 Å². The fourth-order valence-corrected chi connectivity index (χ4v) is 5.65. The second-order valence-corrected chi connectivity index (χ2v) is 11.1. The molecule has 35 heavy (non-hydrogen) atoms. The first kappa shape index (κ1) is 27.0. The minimum absolute atomic E-state index is 0.0226. The first-order valence-corrected chi connectivity index (χ1v) is 13.3. The quantitative estimate of drug-likeness (QED) is 0.387. The van der Waals surface area contributed by atoms with Gasteiger partial charge >= 0.3 is 0 Å². The van der Waals surface area contributed by atoms with Gasteiger partial charge in [0, 0.05) is 17.2 Å². The van der Waals surface area contributed by atoms with E-state index < -0.39 is 12.1 Å². The van der Waals surface area contributed by atoms with Crippen LogP contribution in [-0.2, 0) is 20.8 Å². The molecule has 192 valence electrons. The molecule has 0 aromatic heterocycles. The van der Waals surface area contributed by atoms with Crippen LogP contribution in [-0.4, -0.2) is 35.7 Å². The Morgan fingerprint density at radius 1 is 1.23 bits per heavy atom. The van der Waals surface area contributed by atoms with E-state index >= 15 is 0 Å². The van der Waals surface area contributed by atoms with Crippen molar-refractivity contribution in [1.29, 1.82) is 0 Å². The molecule has 1 saturated heterocycles. The second kappa shape index (κ2) is 12.4. The molecule has 6 nitrogen and oxygen atoms in total. The molecule has 3 unspecified atom stereocenters. The number of aryl methyl sites for hydroxylation is 2. The summed E-state index contributed by atoms with van der Waals surface area (Å²) in [6.07, 6.45) is 9.61. The Kier molecular flexibility index (Phi) is 9.53. The summed E-state index contributed by atoms with van der Waals surface area (Å²) in [5, 5.41) is 9.43. The molecule has 0 radical (unpaired) electrons. The summed E-state index contributed by atoms with van der Waals surface area (Å²) in [5.74, 6) is -0.124. The number of hydrogen-bond acceptors (Lipinski definition) is 4. The van der Waals surface area contributed by atoms with E-state index in [1.54, 1.807) is 0 Å². The molecule has 1 saturated carbocycles. The van der Waals surface area contributed by atoms with Crippen molar-refractivity contribution in [1.82, 2.24) is 16.0 Å². The van der Waals surface area contributed by atoms with Gasteiger partial charge in [0.05, 0.1) is 6.04 Å². The summed E-state index contributed by atoms with van der Waals surface area (Å²) in [6, 6.07) is 7.25. The van der Waals surface area contributed by atoms with Crippen LogP contribution in [0.1, 0.15) is 82.8 Å². The van der Waals surface area contributed by atoms with Crippen LogP contribution in [0.2, 0.25) is 0 Å². The zero-order chi connectivity index (χ0) is 25.4. The standard InChI is InChI=1S/C29H43N3O3/c1-20(2)15-26(30-22(4)11-12-23-10-8-9-21(3)16-23)28(35)31-25(19-33)17-24-18-29(32-27(24)34)13-6-5-7-14-29/h8-10,16,19-20,24-26,30H,4-7,11-15,17-18H2,1-3H3,(H,31,35)(H,32,34). The summed E-state index contributed by atoms with van der Waals surface area (Å²) in [6.45, 7) is 10.4. The zero-order valence-electron chi connectivity index (χ0n) is 21.7. The van der Waals surface area contributed by atoms with Gasteiger partial charge in [-0.2, -0.15) is 0 Å². The molecule has 1 spiro atoms. The molecule has 2 fully saturated rings. The largest absolute Gasteiger partial charge is 0.378 e. The lowest BCUT2D eigenvalue weighted by Crippen LogP contribution is -2.49. The van der Waals surface area contributed by atoms with E-state index in [0.29, 0.717) is 18.8 Å². The molecule has 3 rings (SSSR count). The van der Waals surface area contributed by atoms with E-state index in [2.05, 4.69) is 67.6 Å². The topological polar surface area (TPSA) is 87.3 Å². The van der Waals surface area contributed by atoms with E-state index in [0.717, 1.165) is 56.9 Å². The van der Waals surface area contributed by atoms with Crippen molar-refractivity contribution >= 4 is 18.1 Å². The van der Waals surface area contributed by atoms with Gasteiger partial charge in [-0.1, -0.05) is 69.5 Å². The van der Waals surface area contributed by atoms with E-state index in [9.17, 15) is 14.4 Å². The van der Waals surface area contributed by atoms with Gasteiger partial charge in [0.1, 0.15) is 12.3 Å². The molecule has 2 amide bonds. The van der Waals surface area contributed by atoms with Crippen molar-refractivity contribution in [3.05, 3.63) is 47.7 Å². The van der Waals surface area contributed by atoms with Crippen LogP contribution in [0.5, 0.6) is 0 Å². The summed E-state index contributed by atoms with van der Waals surface area (Å²) in [5.41, 5.74) is 3.17. The Balaban J connectivity index is 1.55. The lowest BCUT2D eigenvalue weighted by atomic mass is 9.78. The van der Waals surface area contributed by atoms with Crippen LogP contribution in [0, 0.1) is 18.8 Å². The smallest absolute Gasteiger partial charge is 0.243 e. The molecule has 0 bridgehead atoms. The number of rotatable bonds is 12. The molecular formula is C29H43N3O3. The maximum absolute atomic E-state index is 13.2.